The Morgan fingerprint density at radius 1 is 0.850 bits per heavy atom. The fourth-order valence-electron chi connectivity index (χ4n) is 3.17. The summed E-state index contributed by atoms with van der Waals surface area (Å²) in [5, 5.41) is 3.47. The smallest absolute Gasteiger partial charge is 0.00331 e. The van der Waals surface area contributed by atoms with Crippen LogP contribution >= 0.6 is 0 Å². The first-order chi connectivity index (χ1) is 9.67. The molecule has 1 heterocycles. The van der Waals surface area contributed by atoms with Crippen LogP contribution in [0.15, 0.2) is 48.5 Å². The number of rotatable bonds is 4. The molecule has 0 amide bonds. The van der Waals surface area contributed by atoms with E-state index in [-0.39, 0.29) is 0 Å². The van der Waals surface area contributed by atoms with Crippen LogP contribution in [0.2, 0.25) is 0 Å². The van der Waals surface area contributed by atoms with E-state index in [2.05, 4.69) is 67.7 Å². The van der Waals surface area contributed by atoms with Gasteiger partial charge >= 0.3 is 0 Å². The molecule has 104 valence electrons. The van der Waals surface area contributed by atoms with Crippen molar-refractivity contribution in [3.05, 3.63) is 70.8 Å². The van der Waals surface area contributed by atoms with E-state index in [1.54, 1.807) is 0 Å². The summed E-state index contributed by atoms with van der Waals surface area (Å²) in [4.78, 5) is 0. The van der Waals surface area contributed by atoms with Gasteiger partial charge in [0, 0.05) is 18.5 Å². The van der Waals surface area contributed by atoms with Crippen LogP contribution in [0, 0.1) is 19.3 Å². The highest BCUT2D eigenvalue weighted by Crippen LogP contribution is 2.32. The van der Waals surface area contributed by atoms with Crippen molar-refractivity contribution in [3.63, 3.8) is 0 Å². The molecule has 2 aromatic carbocycles. The summed E-state index contributed by atoms with van der Waals surface area (Å²) in [5.74, 6) is 0. The van der Waals surface area contributed by atoms with Gasteiger partial charge in [0.2, 0.25) is 0 Å². The number of aryl methyl sites for hydroxylation is 2. The lowest BCUT2D eigenvalue weighted by atomic mass is 9.72. The zero-order valence-corrected chi connectivity index (χ0v) is 12.4. The monoisotopic (exact) mass is 265 g/mol. The van der Waals surface area contributed by atoms with Crippen LogP contribution in [-0.2, 0) is 12.8 Å². The maximum absolute atomic E-state index is 3.47. The molecule has 1 fully saturated rings. The molecule has 1 aliphatic heterocycles. The van der Waals surface area contributed by atoms with E-state index < -0.39 is 0 Å². The van der Waals surface area contributed by atoms with Crippen LogP contribution in [0.3, 0.4) is 0 Å². The van der Waals surface area contributed by atoms with Crippen LogP contribution in [0.5, 0.6) is 0 Å². The molecule has 1 saturated heterocycles. The Kier molecular flexibility index (Phi) is 3.62. The highest BCUT2D eigenvalue weighted by molar-refractivity contribution is 5.31. The van der Waals surface area contributed by atoms with E-state index in [1.807, 2.05) is 0 Å². The third kappa shape index (κ3) is 2.78. The van der Waals surface area contributed by atoms with Crippen molar-refractivity contribution in [2.24, 2.45) is 5.41 Å². The van der Waals surface area contributed by atoms with Gasteiger partial charge in [-0.15, -0.1) is 0 Å². The van der Waals surface area contributed by atoms with E-state index in [1.165, 1.54) is 35.1 Å². The maximum Gasteiger partial charge on any atom is 0.00331 e. The lowest BCUT2D eigenvalue weighted by Crippen LogP contribution is -2.56. The van der Waals surface area contributed by atoms with Gasteiger partial charge in [-0.3, -0.25) is 0 Å². The molecule has 0 bridgehead atoms. The SMILES string of the molecule is Cc1ccc(CC2(Cc3ccccc3)CNC2)cc1C. The van der Waals surface area contributed by atoms with Gasteiger partial charge in [-0.2, -0.15) is 0 Å². The van der Waals surface area contributed by atoms with Crippen LogP contribution < -0.4 is 5.32 Å². The number of benzene rings is 2. The van der Waals surface area contributed by atoms with Gasteiger partial charge in [0.15, 0.2) is 0 Å². The standard InChI is InChI=1S/C19H23N/c1-15-8-9-18(10-16(15)2)12-19(13-20-14-19)11-17-6-4-3-5-7-17/h3-10,20H,11-14H2,1-2H3. The molecule has 2 aromatic rings. The lowest BCUT2D eigenvalue weighted by molar-refractivity contribution is 0.166. The van der Waals surface area contributed by atoms with Crippen molar-refractivity contribution in [2.45, 2.75) is 26.7 Å². The normalized spacial score (nSPS) is 16.7. The van der Waals surface area contributed by atoms with Crippen LogP contribution in [0.25, 0.3) is 0 Å². The van der Waals surface area contributed by atoms with Crippen molar-refractivity contribution in [2.75, 3.05) is 13.1 Å². The van der Waals surface area contributed by atoms with E-state index in [4.69, 9.17) is 0 Å². The van der Waals surface area contributed by atoms with Crippen molar-refractivity contribution in [1.82, 2.24) is 5.32 Å². The van der Waals surface area contributed by atoms with Crippen molar-refractivity contribution < 1.29 is 0 Å². The first-order valence-electron chi connectivity index (χ1n) is 7.48. The average molecular weight is 265 g/mol. The number of hydrogen-bond acceptors (Lipinski definition) is 1. The molecule has 0 aromatic heterocycles. The fourth-order valence-corrected chi connectivity index (χ4v) is 3.17. The largest absolute Gasteiger partial charge is 0.315 e. The maximum atomic E-state index is 3.47. The second kappa shape index (κ2) is 5.41. The van der Waals surface area contributed by atoms with Crippen LogP contribution in [0.1, 0.15) is 22.3 Å². The predicted octanol–water partition coefficient (Wildman–Crippen LogP) is 3.68. The van der Waals surface area contributed by atoms with Gasteiger partial charge in [-0.05, 0) is 48.9 Å². The summed E-state index contributed by atoms with van der Waals surface area (Å²) in [5.41, 5.74) is 6.13. The minimum absolute atomic E-state index is 0.406. The molecule has 3 rings (SSSR count). The Hall–Kier alpha value is -1.60. The zero-order valence-electron chi connectivity index (χ0n) is 12.4. The lowest BCUT2D eigenvalue weighted by Gasteiger charge is -2.43. The summed E-state index contributed by atoms with van der Waals surface area (Å²) in [6.07, 6.45) is 2.35. The van der Waals surface area contributed by atoms with Gasteiger partial charge in [-0.1, -0.05) is 48.5 Å². The molecular formula is C19H23N. The molecule has 0 saturated carbocycles. The highest BCUT2D eigenvalue weighted by Gasteiger charge is 2.36. The van der Waals surface area contributed by atoms with E-state index in [0.29, 0.717) is 5.41 Å². The van der Waals surface area contributed by atoms with E-state index in [9.17, 15) is 0 Å². The average Bonchev–Trinajstić information content (AvgIpc) is 2.41. The molecule has 1 nitrogen and oxygen atoms in total. The zero-order chi connectivity index (χ0) is 14.0. The minimum Gasteiger partial charge on any atom is -0.315 e. The second-order valence-corrected chi connectivity index (χ2v) is 6.36. The summed E-state index contributed by atoms with van der Waals surface area (Å²) in [7, 11) is 0. The minimum atomic E-state index is 0.406. The quantitative estimate of drug-likeness (QED) is 0.889. The third-order valence-corrected chi connectivity index (χ3v) is 4.57. The van der Waals surface area contributed by atoms with Crippen LogP contribution in [-0.4, -0.2) is 13.1 Å². The van der Waals surface area contributed by atoms with Gasteiger partial charge in [0.05, 0.1) is 0 Å². The number of hydrogen-bond donors (Lipinski definition) is 1. The third-order valence-electron chi connectivity index (χ3n) is 4.57. The van der Waals surface area contributed by atoms with Gasteiger partial charge in [-0.25, -0.2) is 0 Å². The molecule has 0 atom stereocenters. The Morgan fingerprint density at radius 2 is 1.55 bits per heavy atom. The van der Waals surface area contributed by atoms with Crippen molar-refractivity contribution in [3.8, 4) is 0 Å². The Labute approximate surface area is 122 Å². The van der Waals surface area contributed by atoms with Gasteiger partial charge in [0.1, 0.15) is 0 Å². The van der Waals surface area contributed by atoms with Gasteiger partial charge in [0.25, 0.3) is 0 Å². The molecule has 20 heavy (non-hydrogen) atoms. The fraction of sp³-hybridized carbons (Fsp3) is 0.368. The topological polar surface area (TPSA) is 12.0 Å². The van der Waals surface area contributed by atoms with Gasteiger partial charge < -0.3 is 5.32 Å². The highest BCUT2D eigenvalue weighted by atomic mass is 15.0. The first-order valence-corrected chi connectivity index (χ1v) is 7.48. The van der Waals surface area contributed by atoms with E-state index in [0.717, 1.165) is 13.1 Å². The molecule has 0 aliphatic carbocycles. The van der Waals surface area contributed by atoms with Crippen molar-refractivity contribution >= 4 is 0 Å². The molecule has 0 unspecified atom stereocenters. The van der Waals surface area contributed by atoms with Crippen LogP contribution in [0.4, 0.5) is 0 Å². The molecule has 1 N–H and O–H groups in total. The van der Waals surface area contributed by atoms with Crippen molar-refractivity contribution in [1.29, 1.82) is 0 Å². The summed E-state index contributed by atoms with van der Waals surface area (Å²) >= 11 is 0. The van der Waals surface area contributed by atoms with E-state index >= 15 is 0 Å². The number of nitrogens with one attached hydrogen (secondary N) is 1. The summed E-state index contributed by atoms with van der Waals surface area (Å²) in [6.45, 7) is 6.66. The predicted molar refractivity (Wildman–Crippen MR) is 85.1 cm³/mol. The summed E-state index contributed by atoms with van der Waals surface area (Å²) < 4.78 is 0. The molecular weight excluding hydrogens is 242 g/mol. The molecule has 0 radical (unpaired) electrons. The Balaban J connectivity index is 1.77. The summed E-state index contributed by atoms with van der Waals surface area (Å²) in [6, 6.07) is 17.8. The Morgan fingerprint density at radius 3 is 2.15 bits per heavy atom. The molecule has 1 heteroatoms. The molecule has 1 aliphatic rings. The first kappa shape index (κ1) is 13.4. The molecule has 0 spiro atoms. The second-order valence-electron chi connectivity index (χ2n) is 6.36. The Bertz CT molecular complexity index is 582.